The molecule has 0 unspecified atom stereocenters. The van der Waals surface area contributed by atoms with Crippen LogP contribution in [0.3, 0.4) is 0 Å². The van der Waals surface area contributed by atoms with Crippen LogP contribution in [0.5, 0.6) is 0 Å². The summed E-state index contributed by atoms with van der Waals surface area (Å²) in [5, 5.41) is 0. The molecule has 0 atom stereocenters. The average Bonchev–Trinajstić information content (AvgIpc) is 2.41. The highest BCUT2D eigenvalue weighted by Gasteiger charge is 2.12. The Kier molecular flexibility index (Phi) is 3.67. The van der Waals surface area contributed by atoms with Crippen molar-refractivity contribution in [1.82, 2.24) is 0 Å². The first-order chi connectivity index (χ1) is 8.52. The molecular formula is C16H19NS. The Morgan fingerprint density at radius 2 is 1.56 bits per heavy atom. The van der Waals surface area contributed by atoms with Crippen LogP contribution >= 0.6 is 12.6 Å². The van der Waals surface area contributed by atoms with E-state index in [0.717, 1.165) is 4.90 Å². The smallest absolute Gasteiger partial charge is 0.0443 e. The topological polar surface area (TPSA) is 3.24 Å². The van der Waals surface area contributed by atoms with Gasteiger partial charge in [0.25, 0.3) is 0 Å². The van der Waals surface area contributed by atoms with Crippen molar-refractivity contribution in [1.29, 1.82) is 0 Å². The Bertz CT molecular complexity index is 561. The molecule has 2 rings (SSSR count). The summed E-state index contributed by atoms with van der Waals surface area (Å²) in [5.41, 5.74) is 6.22. The van der Waals surface area contributed by atoms with Crippen LogP contribution in [0.4, 0.5) is 11.4 Å². The van der Waals surface area contributed by atoms with Gasteiger partial charge in [0.1, 0.15) is 0 Å². The van der Waals surface area contributed by atoms with Crippen molar-refractivity contribution in [3.8, 4) is 0 Å². The van der Waals surface area contributed by atoms with Crippen LogP contribution in [-0.2, 0) is 0 Å². The maximum absolute atomic E-state index is 4.57. The minimum Gasteiger partial charge on any atom is -0.344 e. The van der Waals surface area contributed by atoms with E-state index < -0.39 is 0 Å². The van der Waals surface area contributed by atoms with Crippen LogP contribution in [0, 0.1) is 20.8 Å². The minimum atomic E-state index is 1.10. The van der Waals surface area contributed by atoms with E-state index in [9.17, 15) is 0 Å². The Balaban J connectivity index is 2.52. The quantitative estimate of drug-likeness (QED) is 0.765. The number of nitrogens with zero attached hydrogens (tertiary/aromatic N) is 1. The van der Waals surface area contributed by atoms with Gasteiger partial charge >= 0.3 is 0 Å². The lowest BCUT2D eigenvalue weighted by Crippen LogP contribution is -2.12. The summed E-state index contributed by atoms with van der Waals surface area (Å²) in [6, 6.07) is 12.6. The predicted molar refractivity (Wildman–Crippen MR) is 82.4 cm³/mol. The van der Waals surface area contributed by atoms with Gasteiger partial charge in [-0.1, -0.05) is 18.2 Å². The Morgan fingerprint density at radius 3 is 2.17 bits per heavy atom. The highest BCUT2D eigenvalue weighted by Crippen LogP contribution is 2.33. The van der Waals surface area contributed by atoms with Crippen molar-refractivity contribution >= 4 is 24.0 Å². The third kappa shape index (κ3) is 2.25. The zero-order valence-electron chi connectivity index (χ0n) is 11.4. The number of benzene rings is 2. The monoisotopic (exact) mass is 257 g/mol. The zero-order valence-corrected chi connectivity index (χ0v) is 12.3. The fraction of sp³-hybridized carbons (Fsp3) is 0.250. The summed E-state index contributed by atoms with van der Waals surface area (Å²) in [5.74, 6) is 0. The lowest BCUT2D eigenvalue weighted by molar-refractivity contribution is 1.11. The first-order valence-electron chi connectivity index (χ1n) is 6.11. The molecule has 2 aromatic rings. The fourth-order valence-corrected chi connectivity index (χ4v) is 2.42. The number of thiol groups is 1. The fourth-order valence-electron chi connectivity index (χ4n) is 2.19. The van der Waals surface area contributed by atoms with E-state index >= 15 is 0 Å². The average molecular weight is 257 g/mol. The molecule has 0 saturated carbocycles. The summed E-state index contributed by atoms with van der Waals surface area (Å²) >= 11 is 4.57. The third-order valence-corrected chi connectivity index (χ3v) is 4.22. The largest absolute Gasteiger partial charge is 0.344 e. The molecule has 94 valence electrons. The van der Waals surface area contributed by atoms with Crippen molar-refractivity contribution in [2.24, 2.45) is 0 Å². The van der Waals surface area contributed by atoms with Gasteiger partial charge in [-0.05, 0) is 55.7 Å². The molecule has 0 fully saturated rings. The molecule has 2 aromatic carbocycles. The standard InChI is InChI=1S/C16H19NS/c1-11-10-15(12(2)13(3)16(11)18)17(4)14-8-6-5-7-9-14/h5-10,18H,1-4H3. The summed E-state index contributed by atoms with van der Waals surface area (Å²) in [6.07, 6.45) is 0. The Hall–Kier alpha value is -1.41. The van der Waals surface area contributed by atoms with Gasteiger partial charge in [0, 0.05) is 23.3 Å². The Morgan fingerprint density at radius 1 is 0.944 bits per heavy atom. The van der Waals surface area contributed by atoms with E-state index in [4.69, 9.17) is 0 Å². The normalized spacial score (nSPS) is 10.5. The predicted octanol–water partition coefficient (Wildman–Crippen LogP) is 4.67. The molecule has 0 aliphatic heterocycles. The summed E-state index contributed by atoms with van der Waals surface area (Å²) < 4.78 is 0. The number of hydrogen-bond donors (Lipinski definition) is 1. The Labute approximate surface area is 115 Å². The highest BCUT2D eigenvalue weighted by atomic mass is 32.1. The number of rotatable bonds is 2. The lowest BCUT2D eigenvalue weighted by atomic mass is 10.0. The van der Waals surface area contributed by atoms with Crippen LogP contribution in [0.25, 0.3) is 0 Å². The van der Waals surface area contributed by atoms with E-state index in [-0.39, 0.29) is 0 Å². The van der Waals surface area contributed by atoms with Crippen LogP contribution in [0.1, 0.15) is 16.7 Å². The van der Waals surface area contributed by atoms with Gasteiger partial charge in [0.15, 0.2) is 0 Å². The molecule has 0 aromatic heterocycles. The number of hydrogen-bond acceptors (Lipinski definition) is 2. The van der Waals surface area contributed by atoms with Crippen molar-refractivity contribution in [3.05, 3.63) is 53.1 Å². The lowest BCUT2D eigenvalue weighted by Gasteiger charge is -2.24. The van der Waals surface area contributed by atoms with Gasteiger partial charge < -0.3 is 4.90 Å². The second-order valence-corrected chi connectivity index (χ2v) is 5.15. The van der Waals surface area contributed by atoms with Crippen LogP contribution < -0.4 is 4.90 Å². The van der Waals surface area contributed by atoms with Gasteiger partial charge in [-0.25, -0.2) is 0 Å². The van der Waals surface area contributed by atoms with E-state index in [2.05, 4.69) is 75.7 Å². The number of anilines is 2. The second-order valence-electron chi connectivity index (χ2n) is 4.71. The summed E-state index contributed by atoms with van der Waals surface area (Å²) in [4.78, 5) is 3.32. The first kappa shape index (κ1) is 13.0. The van der Waals surface area contributed by atoms with Gasteiger partial charge in [-0.2, -0.15) is 0 Å². The molecule has 0 spiro atoms. The molecule has 1 nitrogen and oxygen atoms in total. The zero-order chi connectivity index (χ0) is 13.3. The van der Waals surface area contributed by atoms with Crippen molar-refractivity contribution in [2.75, 3.05) is 11.9 Å². The van der Waals surface area contributed by atoms with E-state index in [1.807, 2.05) is 6.07 Å². The molecule has 0 heterocycles. The first-order valence-corrected chi connectivity index (χ1v) is 6.55. The molecule has 0 bridgehead atoms. The van der Waals surface area contributed by atoms with E-state index in [1.54, 1.807) is 0 Å². The van der Waals surface area contributed by atoms with Crippen molar-refractivity contribution in [3.63, 3.8) is 0 Å². The third-order valence-electron chi connectivity index (χ3n) is 3.53. The minimum absolute atomic E-state index is 1.10. The van der Waals surface area contributed by atoms with Crippen LogP contribution in [0.2, 0.25) is 0 Å². The number of para-hydroxylation sites is 1. The molecule has 0 saturated heterocycles. The summed E-state index contributed by atoms with van der Waals surface area (Å²) in [7, 11) is 2.11. The molecular weight excluding hydrogens is 238 g/mol. The number of aryl methyl sites for hydroxylation is 1. The van der Waals surface area contributed by atoms with Crippen molar-refractivity contribution < 1.29 is 0 Å². The molecule has 0 radical (unpaired) electrons. The molecule has 2 heteroatoms. The molecule has 0 aliphatic carbocycles. The maximum atomic E-state index is 4.57. The molecule has 0 amide bonds. The molecule has 18 heavy (non-hydrogen) atoms. The molecule has 0 N–H and O–H groups in total. The van der Waals surface area contributed by atoms with Gasteiger partial charge in [-0.15, -0.1) is 12.6 Å². The van der Waals surface area contributed by atoms with Crippen LogP contribution in [-0.4, -0.2) is 7.05 Å². The van der Waals surface area contributed by atoms with E-state index in [1.165, 1.54) is 28.1 Å². The van der Waals surface area contributed by atoms with Gasteiger partial charge in [-0.3, -0.25) is 0 Å². The van der Waals surface area contributed by atoms with Gasteiger partial charge in [0.2, 0.25) is 0 Å². The summed E-state index contributed by atoms with van der Waals surface area (Å²) in [6.45, 7) is 6.40. The maximum Gasteiger partial charge on any atom is 0.0443 e. The molecule has 0 aliphatic rings. The van der Waals surface area contributed by atoms with Crippen LogP contribution in [0.15, 0.2) is 41.3 Å². The highest BCUT2D eigenvalue weighted by molar-refractivity contribution is 7.80. The SMILES string of the molecule is Cc1cc(N(C)c2ccccc2)c(C)c(C)c1S. The van der Waals surface area contributed by atoms with Gasteiger partial charge in [0.05, 0.1) is 0 Å². The second kappa shape index (κ2) is 5.07. The van der Waals surface area contributed by atoms with E-state index in [0.29, 0.717) is 0 Å². The van der Waals surface area contributed by atoms with Crippen molar-refractivity contribution in [2.45, 2.75) is 25.7 Å².